The van der Waals surface area contributed by atoms with Crippen LogP contribution in [0.4, 0.5) is 32.0 Å². The van der Waals surface area contributed by atoms with Crippen LogP contribution in [0.15, 0.2) is 52.3 Å². The number of sulfone groups is 1. The summed E-state index contributed by atoms with van der Waals surface area (Å²) in [6.07, 6.45) is -7.69. The monoisotopic (exact) mass is 539 g/mol. The predicted molar refractivity (Wildman–Crippen MR) is 121 cm³/mol. The quantitative estimate of drug-likeness (QED) is 0.324. The Balaban J connectivity index is 1.87. The van der Waals surface area contributed by atoms with Crippen LogP contribution in [0, 0.1) is 5.92 Å². The Labute approximate surface area is 203 Å². The molecule has 1 atom stereocenters. The number of rotatable bonds is 5. The van der Waals surface area contributed by atoms with Gasteiger partial charge in [-0.25, -0.2) is 8.42 Å². The van der Waals surface area contributed by atoms with E-state index in [9.17, 15) is 39.6 Å². The summed E-state index contributed by atoms with van der Waals surface area (Å²) < 4.78 is 104. The van der Waals surface area contributed by atoms with Gasteiger partial charge in [-0.05, 0) is 68.8 Å². The van der Waals surface area contributed by atoms with Gasteiger partial charge >= 0.3 is 12.4 Å². The first kappa shape index (κ1) is 27.4. The van der Waals surface area contributed by atoms with Crippen LogP contribution in [-0.2, 0) is 27.0 Å². The number of piperidine rings is 1. The van der Waals surface area contributed by atoms with Crippen molar-refractivity contribution in [3.05, 3.63) is 53.6 Å². The first-order valence-electron chi connectivity index (χ1n) is 10.5. The Morgan fingerprint density at radius 3 is 2.09 bits per heavy atom. The molecule has 0 spiro atoms. The largest absolute Gasteiger partial charge is 0.416 e. The summed E-state index contributed by atoms with van der Waals surface area (Å²) in [6, 6.07) is 6.54. The molecule has 2 aromatic carbocycles. The predicted octanol–water partition coefficient (Wildman–Crippen LogP) is 6.44. The van der Waals surface area contributed by atoms with E-state index < -0.39 is 54.8 Å². The van der Waals surface area contributed by atoms with Gasteiger partial charge in [0.25, 0.3) is 0 Å². The van der Waals surface area contributed by atoms with E-state index in [2.05, 4.69) is 0 Å². The van der Waals surface area contributed by atoms with Crippen molar-refractivity contribution < 1.29 is 39.6 Å². The van der Waals surface area contributed by atoms with E-state index in [1.807, 2.05) is 0 Å². The number of amides is 1. The zero-order valence-corrected chi connectivity index (χ0v) is 20.6. The Morgan fingerprint density at radius 2 is 1.54 bits per heavy atom. The van der Waals surface area contributed by atoms with Crippen LogP contribution in [-0.4, -0.2) is 31.9 Å². The molecular weight excluding hydrogens is 516 g/mol. The molecule has 0 aromatic heterocycles. The first-order valence-corrected chi connectivity index (χ1v) is 13.2. The standard InChI is InChI=1S/C23H23F6NO3S2/c1-21(2,35(32,33)17-6-4-5-15(11-17)22(24,25)26)14-9-10-30(20(31)13-14)18-8-7-16(23(27,28)29)12-19(18)34-3/h4-8,11-12,14H,9-10,13H2,1-3H3/t14-/m0/s1. The number of benzene rings is 2. The zero-order chi connectivity index (χ0) is 26.4. The van der Waals surface area contributed by atoms with Crippen LogP contribution in [0.5, 0.6) is 0 Å². The van der Waals surface area contributed by atoms with E-state index in [0.29, 0.717) is 11.8 Å². The van der Waals surface area contributed by atoms with Crippen molar-refractivity contribution in [2.45, 2.75) is 53.6 Å². The second-order valence-electron chi connectivity index (χ2n) is 8.75. The zero-order valence-electron chi connectivity index (χ0n) is 19.0. The van der Waals surface area contributed by atoms with E-state index in [4.69, 9.17) is 0 Å². The van der Waals surface area contributed by atoms with Gasteiger partial charge in [-0.3, -0.25) is 4.79 Å². The molecule has 1 saturated heterocycles. The number of hydrogen-bond acceptors (Lipinski definition) is 4. The molecule has 1 heterocycles. The van der Waals surface area contributed by atoms with Crippen molar-refractivity contribution in [3.8, 4) is 0 Å². The Kier molecular flexibility index (Phi) is 7.31. The van der Waals surface area contributed by atoms with E-state index >= 15 is 0 Å². The number of carbonyl (C=O) groups is 1. The number of alkyl halides is 6. The molecule has 0 aliphatic carbocycles. The summed E-state index contributed by atoms with van der Waals surface area (Å²) in [6.45, 7) is 2.81. The SMILES string of the molecule is CSc1cc(C(F)(F)F)ccc1N1CC[C@H](C(C)(C)S(=O)(=O)c2cccc(C(F)(F)F)c2)CC1=O. The lowest BCUT2D eigenvalue weighted by Crippen LogP contribution is -2.48. The van der Waals surface area contributed by atoms with E-state index in [-0.39, 0.29) is 24.3 Å². The van der Waals surface area contributed by atoms with E-state index in [1.165, 1.54) is 24.8 Å². The smallest absolute Gasteiger partial charge is 0.311 e. The molecule has 0 saturated carbocycles. The number of halogens is 6. The summed E-state index contributed by atoms with van der Waals surface area (Å²) in [4.78, 5) is 14.1. The topological polar surface area (TPSA) is 54.5 Å². The fourth-order valence-corrected chi connectivity index (χ4v) is 6.54. The van der Waals surface area contributed by atoms with Crippen molar-refractivity contribution in [3.63, 3.8) is 0 Å². The van der Waals surface area contributed by atoms with Gasteiger partial charge in [-0.1, -0.05) is 6.07 Å². The molecule has 12 heteroatoms. The highest BCUT2D eigenvalue weighted by Crippen LogP contribution is 2.42. The van der Waals surface area contributed by atoms with Gasteiger partial charge in [0.2, 0.25) is 5.91 Å². The fourth-order valence-electron chi connectivity index (χ4n) is 4.12. The Morgan fingerprint density at radius 1 is 0.943 bits per heavy atom. The maximum Gasteiger partial charge on any atom is 0.416 e. The third-order valence-corrected chi connectivity index (χ3v) is 9.73. The van der Waals surface area contributed by atoms with Crippen LogP contribution in [0.2, 0.25) is 0 Å². The van der Waals surface area contributed by atoms with Crippen LogP contribution >= 0.6 is 11.8 Å². The van der Waals surface area contributed by atoms with E-state index in [1.54, 1.807) is 6.26 Å². The van der Waals surface area contributed by atoms with Crippen molar-refractivity contribution in [1.82, 2.24) is 0 Å². The highest BCUT2D eigenvalue weighted by molar-refractivity contribution is 7.98. The molecule has 3 rings (SSSR count). The maximum atomic E-state index is 13.3. The molecule has 0 N–H and O–H groups in total. The minimum absolute atomic E-state index is 0.0595. The lowest BCUT2D eigenvalue weighted by Gasteiger charge is -2.40. The molecule has 1 fully saturated rings. The van der Waals surface area contributed by atoms with Gasteiger partial charge in [0.15, 0.2) is 9.84 Å². The van der Waals surface area contributed by atoms with Crippen molar-refractivity contribution >= 4 is 33.2 Å². The van der Waals surface area contributed by atoms with Crippen molar-refractivity contribution in [2.75, 3.05) is 17.7 Å². The van der Waals surface area contributed by atoms with Gasteiger partial charge < -0.3 is 4.90 Å². The lowest BCUT2D eigenvalue weighted by molar-refractivity contribution is -0.138. The fraction of sp³-hybridized carbons (Fsp3) is 0.435. The summed E-state index contributed by atoms with van der Waals surface area (Å²) in [5.41, 5.74) is -1.64. The maximum absolute atomic E-state index is 13.3. The molecule has 2 aromatic rings. The number of thioether (sulfide) groups is 1. The molecule has 35 heavy (non-hydrogen) atoms. The molecule has 0 unspecified atom stereocenters. The normalized spacial score (nSPS) is 18.1. The molecule has 1 aliphatic heterocycles. The summed E-state index contributed by atoms with van der Waals surface area (Å²) >= 11 is 1.05. The summed E-state index contributed by atoms with van der Waals surface area (Å²) in [5.74, 6) is -1.18. The molecule has 1 aliphatic rings. The number of anilines is 1. The van der Waals surface area contributed by atoms with Gasteiger partial charge in [0.05, 0.1) is 26.5 Å². The highest BCUT2D eigenvalue weighted by Gasteiger charge is 2.46. The molecular formula is C23H23F6NO3S2. The van der Waals surface area contributed by atoms with Crippen LogP contribution in [0.3, 0.4) is 0 Å². The number of nitrogens with zero attached hydrogens (tertiary/aromatic N) is 1. The van der Waals surface area contributed by atoms with Crippen LogP contribution < -0.4 is 4.90 Å². The molecule has 4 nitrogen and oxygen atoms in total. The average molecular weight is 540 g/mol. The van der Waals surface area contributed by atoms with Gasteiger partial charge in [0, 0.05) is 17.9 Å². The van der Waals surface area contributed by atoms with Crippen LogP contribution in [0.1, 0.15) is 37.8 Å². The van der Waals surface area contributed by atoms with Gasteiger partial charge in [-0.2, -0.15) is 26.3 Å². The summed E-state index contributed by atoms with van der Waals surface area (Å²) in [5, 5.41) is 0. The molecule has 0 radical (unpaired) electrons. The first-order chi connectivity index (χ1) is 16.0. The van der Waals surface area contributed by atoms with Crippen molar-refractivity contribution in [2.24, 2.45) is 5.92 Å². The number of carbonyl (C=O) groups excluding carboxylic acids is 1. The molecule has 192 valence electrons. The second kappa shape index (κ2) is 9.34. The molecule has 0 bridgehead atoms. The van der Waals surface area contributed by atoms with Crippen LogP contribution in [0.25, 0.3) is 0 Å². The Bertz CT molecular complexity index is 1220. The highest BCUT2D eigenvalue weighted by atomic mass is 32.2. The number of hydrogen-bond donors (Lipinski definition) is 0. The minimum Gasteiger partial charge on any atom is -0.311 e. The summed E-state index contributed by atoms with van der Waals surface area (Å²) in [7, 11) is -4.26. The Hall–Kier alpha value is -2.21. The minimum atomic E-state index is -4.71. The third kappa shape index (κ3) is 5.32. The van der Waals surface area contributed by atoms with Crippen molar-refractivity contribution in [1.29, 1.82) is 0 Å². The third-order valence-electron chi connectivity index (χ3n) is 6.37. The molecule has 1 amide bonds. The van der Waals surface area contributed by atoms with E-state index in [0.717, 1.165) is 42.1 Å². The average Bonchev–Trinajstić information content (AvgIpc) is 2.77. The second-order valence-corrected chi connectivity index (χ2v) is 12.1. The lowest BCUT2D eigenvalue weighted by atomic mass is 9.85. The van der Waals surface area contributed by atoms with Gasteiger partial charge in [-0.15, -0.1) is 11.8 Å². The van der Waals surface area contributed by atoms with Gasteiger partial charge in [0.1, 0.15) is 0 Å².